The van der Waals surface area contributed by atoms with Crippen LogP contribution in [-0.4, -0.2) is 70.2 Å². The summed E-state index contributed by atoms with van der Waals surface area (Å²) in [5, 5.41) is 11.2. The van der Waals surface area contributed by atoms with Crippen molar-refractivity contribution in [1.29, 1.82) is 0 Å². The van der Waals surface area contributed by atoms with Crippen molar-refractivity contribution in [2.24, 2.45) is 7.05 Å². The maximum absolute atomic E-state index is 12.7. The van der Waals surface area contributed by atoms with E-state index >= 15 is 0 Å². The molecule has 3 aromatic rings. The Morgan fingerprint density at radius 3 is 2.50 bits per heavy atom. The second kappa shape index (κ2) is 10.2. The van der Waals surface area contributed by atoms with E-state index in [0.717, 1.165) is 17.8 Å². The number of thiophene rings is 1. The fourth-order valence-electron chi connectivity index (χ4n) is 3.50. The van der Waals surface area contributed by atoms with Gasteiger partial charge in [-0.2, -0.15) is 4.31 Å². The Bertz CT molecular complexity index is 1140. The van der Waals surface area contributed by atoms with E-state index < -0.39 is 10.0 Å². The third-order valence-corrected chi connectivity index (χ3v) is 9.07. The number of carbonyl (C=O) groups is 1. The smallest absolute Gasteiger partial charge is 0.233 e. The minimum Gasteiger partial charge on any atom is -0.339 e. The van der Waals surface area contributed by atoms with Crippen LogP contribution in [0.5, 0.6) is 0 Å². The van der Waals surface area contributed by atoms with E-state index in [4.69, 9.17) is 0 Å². The van der Waals surface area contributed by atoms with Gasteiger partial charge in [0.15, 0.2) is 5.16 Å². The fraction of sp³-hybridized carbons (Fsp3) is 0.381. The lowest BCUT2D eigenvalue weighted by atomic mass is 10.2. The molecule has 0 saturated carbocycles. The monoisotopic (exact) mass is 491 g/mol. The van der Waals surface area contributed by atoms with Crippen LogP contribution in [0.2, 0.25) is 0 Å². The van der Waals surface area contributed by atoms with Crippen LogP contribution in [0.1, 0.15) is 16.3 Å². The Labute approximate surface area is 196 Å². The predicted octanol–water partition coefficient (Wildman–Crippen LogP) is 2.23. The van der Waals surface area contributed by atoms with Gasteiger partial charge in [0, 0.05) is 44.5 Å². The van der Waals surface area contributed by atoms with Gasteiger partial charge in [-0.1, -0.05) is 48.2 Å². The van der Waals surface area contributed by atoms with E-state index in [9.17, 15) is 13.2 Å². The lowest BCUT2D eigenvalue weighted by molar-refractivity contribution is -0.129. The van der Waals surface area contributed by atoms with Crippen LogP contribution in [-0.2, 0) is 34.0 Å². The van der Waals surface area contributed by atoms with E-state index in [1.165, 1.54) is 20.9 Å². The predicted molar refractivity (Wildman–Crippen MR) is 126 cm³/mol. The van der Waals surface area contributed by atoms with Crippen LogP contribution >= 0.6 is 23.1 Å². The quantitative estimate of drug-likeness (QED) is 0.449. The maximum atomic E-state index is 12.7. The molecule has 1 fully saturated rings. The molecule has 3 heterocycles. The van der Waals surface area contributed by atoms with E-state index in [1.807, 2.05) is 53.4 Å². The number of carbonyl (C=O) groups excluding carboxylic acids is 1. The van der Waals surface area contributed by atoms with Crippen molar-refractivity contribution in [3.63, 3.8) is 0 Å². The van der Waals surface area contributed by atoms with Crippen molar-refractivity contribution in [3.8, 4) is 0 Å². The third kappa shape index (κ3) is 5.58. The highest BCUT2D eigenvalue weighted by atomic mass is 32.2. The topological polar surface area (TPSA) is 88.4 Å². The molecule has 0 radical (unpaired) electrons. The minimum atomic E-state index is -3.40. The first-order chi connectivity index (χ1) is 15.4. The molecule has 0 spiro atoms. The molecule has 2 aromatic heterocycles. The van der Waals surface area contributed by atoms with E-state index in [2.05, 4.69) is 16.3 Å². The number of thioether (sulfide) groups is 1. The Hall–Kier alpha value is -2.21. The van der Waals surface area contributed by atoms with Crippen LogP contribution < -0.4 is 0 Å². The van der Waals surface area contributed by atoms with Crippen molar-refractivity contribution >= 4 is 39.0 Å². The SMILES string of the molecule is Cn1c(Cc2cccs2)nnc1SCC(=O)N1CCN(S(=O)(=O)Cc2ccccc2)CC1. The van der Waals surface area contributed by atoms with Gasteiger partial charge in [-0.05, 0) is 17.0 Å². The number of hydrogen-bond donors (Lipinski definition) is 0. The molecule has 0 atom stereocenters. The Balaban J connectivity index is 1.26. The van der Waals surface area contributed by atoms with Gasteiger partial charge in [-0.3, -0.25) is 4.79 Å². The van der Waals surface area contributed by atoms with Gasteiger partial charge >= 0.3 is 0 Å². The largest absolute Gasteiger partial charge is 0.339 e. The van der Waals surface area contributed by atoms with Gasteiger partial charge in [0.25, 0.3) is 0 Å². The molecule has 1 aliphatic rings. The number of rotatable bonds is 8. The Morgan fingerprint density at radius 1 is 1.06 bits per heavy atom. The Morgan fingerprint density at radius 2 is 1.81 bits per heavy atom. The molecule has 0 unspecified atom stereocenters. The summed E-state index contributed by atoms with van der Waals surface area (Å²) in [5.41, 5.74) is 0.768. The Kier molecular flexibility index (Phi) is 7.29. The van der Waals surface area contributed by atoms with E-state index in [0.29, 0.717) is 31.3 Å². The van der Waals surface area contributed by atoms with Crippen LogP contribution in [0.4, 0.5) is 0 Å². The standard InChI is InChI=1S/C21H25N5O3S3/c1-24-19(14-18-8-5-13-30-18)22-23-21(24)31-15-20(27)25-9-11-26(12-10-25)32(28,29)16-17-6-3-2-4-7-17/h2-8,13H,9-12,14-16H2,1H3. The highest BCUT2D eigenvalue weighted by Gasteiger charge is 2.29. The molecule has 1 saturated heterocycles. The molecular weight excluding hydrogens is 466 g/mol. The van der Waals surface area contributed by atoms with Gasteiger partial charge in [0.2, 0.25) is 15.9 Å². The summed E-state index contributed by atoms with van der Waals surface area (Å²) in [6, 6.07) is 13.2. The number of piperazine rings is 1. The average molecular weight is 492 g/mol. The number of amides is 1. The number of nitrogens with zero attached hydrogens (tertiary/aromatic N) is 5. The highest BCUT2D eigenvalue weighted by molar-refractivity contribution is 7.99. The second-order valence-corrected chi connectivity index (χ2v) is 11.5. The second-order valence-electron chi connectivity index (χ2n) is 7.52. The normalized spacial score (nSPS) is 15.2. The maximum Gasteiger partial charge on any atom is 0.233 e. The first kappa shape index (κ1) is 23.0. The first-order valence-corrected chi connectivity index (χ1v) is 13.7. The first-order valence-electron chi connectivity index (χ1n) is 10.3. The number of benzene rings is 1. The number of hydrogen-bond acceptors (Lipinski definition) is 7. The summed E-state index contributed by atoms with van der Waals surface area (Å²) in [6.07, 6.45) is 0.717. The van der Waals surface area contributed by atoms with Gasteiger partial charge < -0.3 is 9.47 Å². The summed E-state index contributed by atoms with van der Waals surface area (Å²) in [4.78, 5) is 15.6. The average Bonchev–Trinajstić information content (AvgIpc) is 3.43. The van der Waals surface area contributed by atoms with Gasteiger partial charge in [0.05, 0.1) is 11.5 Å². The molecule has 32 heavy (non-hydrogen) atoms. The van der Waals surface area contributed by atoms with Crippen molar-refractivity contribution in [3.05, 3.63) is 64.1 Å². The zero-order valence-electron chi connectivity index (χ0n) is 17.8. The van der Waals surface area contributed by atoms with Gasteiger partial charge in [0.1, 0.15) is 5.82 Å². The van der Waals surface area contributed by atoms with E-state index in [1.54, 1.807) is 16.2 Å². The molecule has 170 valence electrons. The molecule has 1 aliphatic heterocycles. The summed E-state index contributed by atoms with van der Waals surface area (Å²) >= 11 is 3.04. The third-order valence-electron chi connectivity index (χ3n) is 5.34. The van der Waals surface area contributed by atoms with Gasteiger partial charge in [-0.25, -0.2) is 8.42 Å². The van der Waals surface area contributed by atoms with Crippen LogP contribution in [0.25, 0.3) is 0 Å². The van der Waals surface area contributed by atoms with Crippen LogP contribution in [0.15, 0.2) is 53.0 Å². The highest BCUT2D eigenvalue weighted by Crippen LogP contribution is 2.20. The molecular formula is C21H25N5O3S3. The molecule has 1 amide bonds. The van der Waals surface area contributed by atoms with Crippen LogP contribution in [0, 0.1) is 0 Å². The molecule has 0 bridgehead atoms. The van der Waals surface area contributed by atoms with Crippen molar-refractivity contribution in [2.45, 2.75) is 17.3 Å². The number of sulfonamides is 1. The zero-order valence-corrected chi connectivity index (χ0v) is 20.2. The zero-order chi connectivity index (χ0) is 22.6. The molecule has 8 nitrogen and oxygen atoms in total. The lowest BCUT2D eigenvalue weighted by Crippen LogP contribution is -2.51. The van der Waals surface area contributed by atoms with Crippen LogP contribution in [0.3, 0.4) is 0 Å². The van der Waals surface area contributed by atoms with Gasteiger partial charge in [-0.15, -0.1) is 21.5 Å². The van der Waals surface area contributed by atoms with Crippen molar-refractivity contribution < 1.29 is 13.2 Å². The fourth-order valence-corrected chi connectivity index (χ4v) is 6.55. The van der Waals surface area contributed by atoms with E-state index in [-0.39, 0.29) is 17.4 Å². The molecule has 0 N–H and O–H groups in total. The molecule has 1 aromatic carbocycles. The lowest BCUT2D eigenvalue weighted by Gasteiger charge is -2.34. The summed E-state index contributed by atoms with van der Waals surface area (Å²) < 4.78 is 28.8. The van der Waals surface area contributed by atoms with Crippen molar-refractivity contribution in [2.75, 3.05) is 31.9 Å². The molecule has 4 rings (SSSR count). The molecule has 11 heteroatoms. The van der Waals surface area contributed by atoms with Crippen molar-refractivity contribution in [1.82, 2.24) is 24.0 Å². The summed E-state index contributed by atoms with van der Waals surface area (Å²) in [6.45, 7) is 1.44. The summed E-state index contributed by atoms with van der Waals surface area (Å²) in [5.74, 6) is 1.08. The molecule has 0 aliphatic carbocycles. The number of aromatic nitrogens is 3. The minimum absolute atomic E-state index is 0.0158. The summed E-state index contributed by atoms with van der Waals surface area (Å²) in [7, 11) is -1.49.